The first-order valence-corrected chi connectivity index (χ1v) is 6.90. The third kappa shape index (κ3) is 4.91. The Morgan fingerprint density at radius 3 is 2.62 bits per heavy atom. The van der Waals surface area contributed by atoms with Gasteiger partial charge in [0.05, 0.1) is 0 Å². The standard InChI is InChI=1S/C17H18FNO2/c1-2-13-4-3-5-16(10-13)21-12-17(20)19-11-14-6-8-15(18)9-7-14/h3-10H,2,11-12H2,1H3,(H,19,20). The average molecular weight is 287 g/mol. The smallest absolute Gasteiger partial charge is 0.258 e. The fourth-order valence-corrected chi connectivity index (χ4v) is 1.86. The zero-order chi connectivity index (χ0) is 15.1. The Hall–Kier alpha value is -2.36. The number of aryl methyl sites for hydroxylation is 1. The summed E-state index contributed by atoms with van der Waals surface area (Å²) in [6.07, 6.45) is 0.925. The highest BCUT2D eigenvalue weighted by Gasteiger charge is 2.03. The predicted molar refractivity (Wildman–Crippen MR) is 79.6 cm³/mol. The molecule has 0 atom stereocenters. The quantitative estimate of drug-likeness (QED) is 0.886. The third-order valence-corrected chi connectivity index (χ3v) is 3.08. The zero-order valence-corrected chi connectivity index (χ0v) is 11.9. The van der Waals surface area contributed by atoms with Crippen LogP contribution in [-0.4, -0.2) is 12.5 Å². The van der Waals surface area contributed by atoms with Crippen molar-refractivity contribution in [1.29, 1.82) is 0 Å². The maximum Gasteiger partial charge on any atom is 0.258 e. The number of carbonyl (C=O) groups is 1. The topological polar surface area (TPSA) is 38.3 Å². The van der Waals surface area contributed by atoms with Crippen molar-refractivity contribution in [2.75, 3.05) is 6.61 Å². The Balaban J connectivity index is 1.78. The molecule has 0 aliphatic rings. The molecule has 0 bridgehead atoms. The van der Waals surface area contributed by atoms with Crippen molar-refractivity contribution in [2.45, 2.75) is 19.9 Å². The van der Waals surface area contributed by atoms with E-state index in [1.54, 1.807) is 12.1 Å². The minimum Gasteiger partial charge on any atom is -0.484 e. The number of nitrogens with one attached hydrogen (secondary N) is 1. The van der Waals surface area contributed by atoms with E-state index in [-0.39, 0.29) is 18.3 Å². The Bertz CT molecular complexity index is 596. The van der Waals surface area contributed by atoms with E-state index in [4.69, 9.17) is 4.74 Å². The molecule has 2 aromatic carbocycles. The van der Waals surface area contributed by atoms with E-state index in [2.05, 4.69) is 12.2 Å². The van der Waals surface area contributed by atoms with Crippen LogP contribution in [0.1, 0.15) is 18.1 Å². The molecule has 0 saturated carbocycles. The summed E-state index contributed by atoms with van der Waals surface area (Å²) in [5, 5.41) is 2.73. The van der Waals surface area contributed by atoms with Gasteiger partial charge in [-0.1, -0.05) is 31.2 Å². The van der Waals surface area contributed by atoms with E-state index in [0.717, 1.165) is 12.0 Å². The molecule has 3 nitrogen and oxygen atoms in total. The van der Waals surface area contributed by atoms with Gasteiger partial charge in [-0.3, -0.25) is 4.79 Å². The van der Waals surface area contributed by atoms with E-state index in [0.29, 0.717) is 12.3 Å². The van der Waals surface area contributed by atoms with Crippen LogP contribution in [0.25, 0.3) is 0 Å². The highest BCUT2D eigenvalue weighted by molar-refractivity contribution is 5.77. The van der Waals surface area contributed by atoms with E-state index >= 15 is 0 Å². The van der Waals surface area contributed by atoms with E-state index < -0.39 is 0 Å². The summed E-state index contributed by atoms with van der Waals surface area (Å²) < 4.78 is 18.2. The van der Waals surface area contributed by atoms with Crippen LogP contribution in [0.15, 0.2) is 48.5 Å². The molecule has 1 N–H and O–H groups in total. The van der Waals surface area contributed by atoms with Crippen LogP contribution in [0.5, 0.6) is 5.75 Å². The molecule has 0 fully saturated rings. The van der Waals surface area contributed by atoms with Crippen LogP contribution in [0.4, 0.5) is 4.39 Å². The number of carbonyl (C=O) groups excluding carboxylic acids is 1. The van der Waals surface area contributed by atoms with Crippen LogP contribution in [0.2, 0.25) is 0 Å². The van der Waals surface area contributed by atoms with Crippen molar-refractivity contribution in [2.24, 2.45) is 0 Å². The largest absolute Gasteiger partial charge is 0.484 e. The number of benzene rings is 2. The lowest BCUT2D eigenvalue weighted by Crippen LogP contribution is -2.28. The Morgan fingerprint density at radius 1 is 1.14 bits per heavy atom. The average Bonchev–Trinajstić information content (AvgIpc) is 2.52. The van der Waals surface area contributed by atoms with Gasteiger partial charge >= 0.3 is 0 Å². The van der Waals surface area contributed by atoms with Crippen LogP contribution in [0, 0.1) is 5.82 Å². The Labute approximate surface area is 123 Å². The molecule has 0 radical (unpaired) electrons. The number of hydrogen-bond donors (Lipinski definition) is 1. The van der Waals surface area contributed by atoms with Crippen LogP contribution >= 0.6 is 0 Å². The van der Waals surface area contributed by atoms with Gasteiger partial charge in [0.25, 0.3) is 5.91 Å². The van der Waals surface area contributed by atoms with Gasteiger partial charge < -0.3 is 10.1 Å². The molecule has 2 rings (SSSR count). The second-order valence-electron chi connectivity index (χ2n) is 4.69. The third-order valence-electron chi connectivity index (χ3n) is 3.08. The molecule has 4 heteroatoms. The van der Waals surface area contributed by atoms with Gasteiger partial charge in [-0.2, -0.15) is 0 Å². The lowest BCUT2D eigenvalue weighted by atomic mass is 10.2. The maximum atomic E-state index is 12.7. The van der Waals surface area contributed by atoms with Crippen molar-refractivity contribution in [1.82, 2.24) is 5.32 Å². The molecule has 0 aromatic heterocycles. The van der Waals surface area contributed by atoms with Crippen LogP contribution < -0.4 is 10.1 Å². The molecule has 21 heavy (non-hydrogen) atoms. The second-order valence-corrected chi connectivity index (χ2v) is 4.69. The fourth-order valence-electron chi connectivity index (χ4n) is 1.86. The Kier molecular flexibility index (Phi) is 5.32. The van der Waals surface area contributed by atoms with Gasteiger partial charge in [-0.15, -0.1) is 0 Å². The summed E-state index contributed by atoms with van der Waals surface area (Å²) in [7, 11) is 0. The number of halogens is 1. The van der Waals surface area contributed by atoms with Gasteiger partial charge in [-0.05, 0) is 41.8 Å². The molecule has 0 saturated heterocycles. The minimum absolute atomic E-state index is 0.0334. The van der Waals surface area contributed by atoms with Crippen molar-refractivity contribution in [3.05, 3.63) is 65.5 Å². The minimum atomic E-state index is -0.288. The van der Waals surface area contributed by atoms with Crippen molar-refractivity contribution >= 4 is 5.91 Å². The summed E-state index contributed by atoms with van der Waals surface area (Å²) in [5.41, 5.74) is 2.01. The van der Waals surface area contributed by atoms with Gasteiger partial charge in [-0.25, -0.2) is 4.39 Å². The first-order valence-electron chi connectivity index (χ1n) is 6.90. The highest BCUT2D eigenvalue weighted by atomic mass is 19.1. The van der Waals surface area contributed by atoms with Crippen molar-refractivity contribution < 1.29 is 13.9 Å². The van der Waals surface area contributed by atoms with Crippen molar-refractivity contribution in [3.63, 3.8) is 0 Å². The van der Waals surface area contributed by atoms with E-state index in [1.807, 2.05) is 24.3 Å². The maximum absolute atomic E-state index is 12.7. The van der Waals surface area contributed by atoms with E-state index in [9.17, 15) is 9.18 Å². The first kappa shape index (κ1) is 15.0. The monoisotopic (exact) mass is 287 g/mol. The zero-order valence-electron chi connectivity index (χ0n) is 11.9. The summed E-state index contributed by atoms with van der Waals surface area (Å²) in [4.78, 5) is 11.7. The molecule has 110 valence electrons. The van der Waals surface area contributed by atoms with E-state index in [1.165, 1.54) is 17.7 Å². The Morgan fingerprint density at radius 2 is 1.90 bits per heavy atom. The lowest BCUT2D eigenvalue weighted by molar-refractivity contribution is -0.123. The summed E-state index contributed by atoms with van der Waals surface area (Å²) >= 11 is 0. The fraction of sp³-hybridized carbons (Fsp3) is 0.235. The molecule has 1 amide bonds. The summed E-state index contributed by atoms with van der Waals surface area (Å²) in [6.45, 7) is 2.39. The number of hydrogen-bond acceptors (Lipinski definition) is 2. The SMILES string of the molecule is CCc1cccc(OCC(=O)NCc2ccc(F)cc2)c1. The lowest BCUT2D eigenvalue weighted by Gasteiger charge is -2.08. The summed E-state index contributed by atoms with van der Waals surface area (Å²) in [6, 6.07) is 13.7. The van der Waals surface area contributed by atoms with Crippen LogP contribution in [-0.2, 0) is 17.8 Å². The molecule has 0 aliphatic carbocycles. The molecule has 0 heterocycles. The van der Waals surface area contributed by atoms with Crippen LogP contribution in [0.3, 0.4) is 0 Å². The van der Waals surface area contributed by atoms with Gasteiger partial charge in [0, 0.05) is 6.54 Å². The van der Waals surface area contributed by atoms with Gasteiger partial charge in [0.15, 0.2) is 6.61 Å². The molecular formula is C17H18FNO2. The molecule has 0 aliphatic heterocycles. The van der Waals surface area contributed by atoms with Crippen molar-refractivity contribution in [3.8, 4) is 5.75 Å². The van der Waals surface area contributed by atoms with Gasteiger partial charge in [0.2, 0.25) is 0 Å². The number of ether oxygens (including phenoxy) is 1. The predicted octanol–water partition coefficient (Wildman–Crippen LogP) is 3.08. The molecule has 0 unspecified atom stereocenters. The first-order chi connectivity index (χ1) is 10.2. The molecule has 2 aromatic rings. The second kappa shape index (κ2) is 7.43. The number of amides is 1. The highest BCUT2D eigenvalue weighted by Crippen LogP contribution is 2.13. The summed E-state index contributed by atoms with van der Waals surface area (Å²) in [5.74, 6) is 0.191. The molecular weight excluding hydrogens is 269 g/mol. The molecule has 0 spiro atoms. The number of rotatable bonds is 6. The van der Waals surface area contributed by atoms with Gasteiger partial charge in [0.1, 0.15) is 11.6 Å². The normalized spacial score (nSPS) is 10.2.